The number of ether oxygens (including phenoxy) is 2. The van der Waals surface area contributed by atoms with Crippen molar-refractivity contribution < 1.29 is 64.0 Å². The number of hydrogen-bond donors (Lipinski definition) is 6. The van der Waals surface area contributed by atoms with Gasteiger partial charge in [-0.2, -0.15) is 0 Å². The van der Waals surface area contributed by atoms with Gasteiger partial charge in [-0.25, -0.2) is 4.79 Å². The van der Waals surface area contributed by atoms with Crippen LogP contribution in [-0.4, -0.2) is 95.6 Å². The quantitative estimate of drug-likeness (QED) is 0.202. The molecule has 0 amide bonds. The monoisotopic (exact) mass is 631 g/mol. The second kappa shape index (κ2) is 15.2. The average molecular weight is 632 g/mol. The first-order chi connectivity index (χ1) is 20.1. The third-order valence-electron chi connectivity index (χ3n) is 10.2. The number of nitrogens with two attached hydrogens (primary N) is 1. The minimum atomic E-state index is -1.07. The Morgan fingerprint density at radius 1 is 0.659 bits per heavy atom. The van der Waals surface area contributed by atoms with Gasteiger partial charge >= 0.3 is 35.8 Å². The number of fused-ring (bicyclic) bond motifs is 2. The minimum Gasteiger partial charge on any atom is -0.481 e. The number of carbonyl (C=O) groups is 6. The van der Waals surface area contributed by atoms with Crippen LogP contribution in [0.1, 0.15) is 55.4 Å². The van der Waals surface area contributed by atoms with Crippen LogP contribution in [-0.2, 0) is 38.2 Å². The van der Waals surface area contributed by atoms with Crippen molar-refractivity contribution in [3.05, 3.63) is 0 Å². The number of aliphatic carboxylic acids is 4. The summed E-state index contributed by atoms with van der Waals surface area (Å²) in [5.41, 5.74) is 0.734. The molecule has 14 nitrogen and oxygen atoms in total. The Kier molecular flexibility index (Phi) is 13.3. The lowest BCUT2D eigenvalue weighted by molar-refractivity contribution is -0.670. The van der Waals surface area contributed by atoms with Crippen LogP contribution in [0.4, 0.5) is 0 Å². The first kappa shape index (κ1) is 38.8. The van der Waals surface area contributed by atoms with E-state index in [1.807, 2.05) is 0 Å². The maximum atomic E-state index is 11.3. The number of quaternary nitrogens is 1. The Bertz CT molecular complexity index is 970. The molecule has 44 heavy (non-hydrogen) atoms. The molecule has 2 saturated carbocycles. The van der Waals surface area contributed by atoms with E-state index >= 15 is 0 Å². The van der Waals surface area contributed by atoms with Crippen molar-refractivity contribution >= 4 is 35.8 Å². The summed E-state index contributed by atoms with van der Waals surface area (Å²) in [5.74, 6) is -5.25. The highest BCUT2D eigenvalue weighted by Gasteiger charge is 2.69. The summed E-state index contributed by atoms with van der Waals surface area (Å²) in [7, 11) is 2.92. The molecule has 0 aromatic rings. The zero-order chi connectivity index (χ0) is 34.5. The molecular formula is C30H51N2O12+. The van der Waals surface area contributed by atoms with E-state index in [4.69, 9.17) is 29.9 Å². The Balaban J connectivity index is 0.000000295. The minimum absolute atomic E-state index is 0.0463. The summed E-state index contributed by atoms with van der Waals surface area (Å²) in [6, 6.07) is 0.0324. The summed E-state index contributed by atoms with van der Waals surface area (Å²) in [4.78, 5) is 63.3. The van der Waals surface area contributed by atoms with Crippen LogP contribution in [0.2, 0.25) is 0 Å². The first-order valence-corrected chi connectivity index (χ1v) is 14.7. The van der Waals surface area contributed by atoms with Gasteiger partial charge in [-0.1, -0.05) is 55.4 Å². The summed E-state index contributed by atoms with van der Waals surface area (Å²) < 4.78 is 9.48. The molecule has 7 N–H and O–H groups in total. The third kappa shape index (κ3) is 8.90. The van der Waals surface area contributed by atoms with Crippen LogP contribution in [0.25, 0.3) is 0 Å². The molecular weight excluding hydrogens is 580 g/mol. The van der Waals surface area contributed by atoms with Crippen LogP contribution in [0, 0.1) is 58.2 Å². The van der Waals surface area contributed by atoms with Crippen molar-refractivity contribution in [2.24, 2.45) is 58.2 Å². The van der Waals surface area contributed by atoms with Gasteiger partial charge in [-0.3, -0.25) is 24.0 Å². The fourth-order valence-corrected chi connectivity index (χ4v) is 6.20. The SMILES string of the molecule is COC(=O)[C@H]1NC[C@H]2[C@@H]1C2(C)C.COC(=O)[C@H]1[NH2+]C[C@H]2[C@@H]1C2(C)C.C[C@H](C(=O)O)[C@H](C)C(=O)O.C[C@H](C(=O)O)[C@H](C)C(=O)O. The molecule has 0 unspecified atom stereocenters. The number of carboxylic acid groups (broad SMARTS) is 4. The molecule has 0 aromatic carbocycles. The number of rotatable bonds is 8. The third-order valence-corrected chi connectivity index (χ3v) is 10.2. The summed E-state index contributed by atoms with van der Waals surface area (Å²) in [5, 5.41) is 38.7. The molecule has 4 aliphatic rings. The lowest BCUT2D eigenvalue weighted by atomic mass is 9.97. The van der Waals surface area contributed by atoms with E-state index in [1.165, 1.54) is 41.9 Å². The van der Waals surface area contributed by atoms with Crippen LogP contribution < -0.4 is 10.6 Å². The van der Waals surface area contributed by atoms with Crippen molar-refractivity contribution in [3.8, 4) is 0 Å². The topological polar surface area (TPSA) is 230 Å². The van der Waals surface area contributed by atoms with Gasteiger partial charge in [0.05, 0.1) is 44.4 Å². The van der Waals surface area contributed by atoms with Gasteiger partial charge in [0.25, 0.3) is 0 Å². The van der Waals surface area contributed by atoms with Gasteiger partial charge in [0.2, 0.25) is 0 Å². The highest BCUT2D eigenvalue weighted by Crippen LogP contribution is 2.62. The highest BCUT2D eigenvalue weighted by molar-refractivity contribution is 5.80. The van der Waals surface area contributed by atoms with E-state index in [1.54, 1.807) is 0 Å². The molecule has 2 aliphatic heterocycles. The molecule has 0 spiro atoms. The average Bonchev–Trinajstić information content (AvgIpc) is 3.44. The molecule has 14 heteroatoms. The number of carbonyl (C=O) groups excluding carboxylic acids is 2. The van der Waals surface area contributed by atoms with Crippen LogP contribution in [0.3, 0.4) is 0 Å². The Morgan fingerprint density at radius 3 is 1.27 bits per heavy atom. The number of nitrogens with one attached hydrogen (secondary N) is 1. The highest BCUT2D eigenvalue weighted by atomic mass is 16.5. The van der Waals surface area contributed by atoms with Crippen LogP contribution in [0.15, 0.2) is 0 Å². The predicted octanol–water partition coefficient (Wildman–Crippen LogP) is 0.636. The van der Waals surface area contributed by atoms with E-state index in [2.05, 4.69) is 38.3 Å². The standard InChI is InChI=1S/2C9H15NO2.2C6H10O4/c2*1-9(2)5-4-10-7(6(5)9)8(11)12-3;2*1-3(5(7)8)4(2)6(9)10/h2*5-7,10H,4H2,1-3H3;2*3-4H,1-2H3,(H,7,8)(H,9,10)/p+1/t2*5-,6-,7-;2*3-,4-/m0000/s1. The number of hydrogen-bond acceptors (Lipinski definition) is 9. The van der Waals surface area contributed by atoms with Crippen molar-refractivity contribution in [1.82, 2.24) is 5.32 Å². The fourth-order valence-electron chi connectivity index (χ4n) is 6.20. The molecule has 10 atom stereocenters. The molecule has 2 aliphatic carbocycles. The summed E-state index contributed by atoms with van der Waals surface area (Å²) in [6.45, 7) is 16.5. The molecule has 4 rings (SSSR count). The smallest absolute Gasteiger partial charge is 0.364 e. The van der Waals surface area contributed by atoms with E-state index in [-0.39, 0.29) is 24.0 Å². The van der Waals surface area contributed by atoms with Crippen molar-refractivity contribution in [1.29, 1.82) is 0 Å². The van der Waals surface area contributed by atoms with Gasteiger partial charge in [-0.15, -0.1) is 0 Å². The number of methoxy groups -OCH3 is 2. The number of piperidine rings is 2. The van der Waals surface area contributed by atoms with E-state index in [0.717, 1.165) is 19.0 Å². The zero-order valence-corrected chi connectivity index (χ0v) is 27.3. The molecule has 0 aromatic heterocycles. The molecule has 4 fully saturated rings. The van der Waals surface area contributed by atoms with Gasteiger partial charge in [0, 0.05) is 11.8 Å². The fraction of sp³-hybridized carbons (Fsp3) is 0.800. The Morgan fingerprint density at radius 2 is 1.02 bits per heavy atom. The maximum Gasteiger partial charge on any atom is 0.364 e. The van der Waals surface area contributed by atoms with Crippen LogP contribution in [0.5, 0.6) is 0 Å². The van der Waals surface area contributed by atoms with E-state index < -0.39 is 47.5 Å². The van der Waals surface area contributed by atoms with Gasteiger partial charge in [-0.05, 0) is 29.2 Å². The maximum absolute atomic E-state index is 11.3. The van der Waals surface area contributed by atoms with Crippen LogP contribution >= 0.6 is 0 Å². The second-order valence-electron chi connectivity index (χ2n) is 13.3. The zero-order valence-electron chi connectivity index (χ0n) is 27.3. The molecule has 2 heterocycles. The molecule has 252 valence electrons. The lowest BCUT2D eigenvalue weighted by Crippen LogP contribution is -2.90. The van der Waals surface area contributed by atoms with Crippen molar-refractivity contribution in [3.63, 3.8) is 0 Å². The van der Waals surface area contributed by atoms with Crippen molar-refractivity contribution in [2.45, 2.75) is 67.5 Å². The van der Waals surface area contributed by atoms with Gasteiger partial charge in [0.15, 0.2) is 6.04 Å². The summed E-state index contributed by atoms with van der Waals surface area (Å²) in [6.07, 6.45) is 0. The van der Waals surface area contributed by atoms with Crippen molar-refractivity contribution in [2.75, 3.05) is 27.3 Å². The van der Waals surface area contributed by atoms with E-state index in [9.17, 15) is 28.8 Å². The van der Waals surface area contributed by atoms with E-state index in [0.29, 0.717) is 28.6 Å². The van der Waals surface area contributed by atoms with Gasteiger partial charge in [0.1, 0.15) is 6.04 Å². The lowest BCUT2D eigenvalue weighted by Gasteiger charge is -2.16. The second-order valence-corrected chi connectivity index (χ2v) is 13.3. The summed E-state index contributed by atoms with van der Waals surface area (Å²) >= 11 is 0. The Labute approximate surface area is 258 Å². The molecule has 0 radical (unpaired) electrons. The number of carboxylic acids is 4. The predicted molar refractivity (Wildman–Crippen MR) is 155 cm³/mol. The molecule has 2 saturated heterocycles. The molecule has 0 bridgehead atoms. The number of esters is 2. The Hall–Kier alpha value is -3.26. The largest absolute Gasteiger partial charge is 0.481 e. The van der Waals surface area contributed by atoms with Gasteiger partial charge < -0.3 is 40.5 Å². The normalized spacial score (nSPS) is 30.1. The first-order valence-electron chi connectivity index (χ1n) is 14.7.